The van der Waals surface area contributed by atoms with Gasteiger partial charge in [-0.25, -0.2) is 22.6 Å². The fraction of sp³-hybridized carbons (Fsp3) is 0.385. The minimum Gasteiger partial charge on any atom is -0.494 e. The molecule has 4 aromatic rings. The fourth-order valence-corrected chi connectivity index (χ4v) is 6.60. The first kappa shape index (κ1) is 27.1. The molecule has 0 radical (unpaired) electrons. The van der Waals surface area contributed by atoms with E-state index >= 15 is 0 Å². The number of hydrogen-bond donors (Lipinski definition) is 2. The molecule has 2 aromatic heterocycles. The van der Waals surface area contributed by atoms with Gasteiger partial charge in [-0.15, -0.1) is 12.4 Å². The number of sulfone groups is 1. The molecule has 0 amide bonds. The highest BCUT2D eigenvalue weighted by molar-refractivity contribution is 7.92. The molecule has 37 heavy (non-hydrogen) atoms. The Balaban J connectivity index is 0.00000320. The molecule has 0 atom stereocenters. The fourth-order valence-electron chi connectivity index (χ4n) is 4.73. The van der Waals surface area contributed by atoms with Crippen molar-refractivity contribution in [1.82, 2.24) is 19.9 Å². The van der Waals surface area contributed by atoms with Gasteiger partial charge in [0.25, 0.3) is 0 Å². The summed E-state index contributed by atoms with van der Waals surface area (Å²) in [4.78, 5) is 23.5. The third kappa shape index (κ3) is 6.68. The van der Waals surface area contributed by atoms with Crippen molar-refractivity contribution in [3.8, 4) is 5.75 Å². The molecule has 2 N–H and O–H groups in total. The van der Waals surface area contributed by atoms with Crippen LogP contribution in [0.5, 0.6) is 5.75 Å². The minimum absolute atomic E-state index is 0. The summed E-state index contributed by atoms with van der Waals surface area (Å²) in [5.41, 5.74) is 2.64. The number of likely N-dealkylation sites (tertiary alicyclic amines) is 1. The topological polar surface area (TPSA) is 108 Å². The third-order valence-electron chi connectivity index (χ3n) is 6.72. The number of halogens is 2. The standard InChI is InChI=1S/C26H29FN4O4S.ClH/c27-20-5-3-18(4-6-20)17-31-11-9-22(10-12-31)36(33,34)14-2-1-13-35-21-7-8-23-19(15-21)16-24-25(28-23)30-26(32)29-24;/h3-8,15-16,22H,1-2,9-14,17H2,(H2,28,29,30,32);1H. The Kier molecular flexibility index (Phi) is 8.51. The average Bonchev–Trinajstić information content (AvgIpc) is 3.22. The van der Waals surface area contributed by atoms with E-state index in [0.717, 1.165) is 29.6 Å². The predicted octanol–water partition coefficient (Wildman–Crippen LogP) is 4.20. The van der Waals surface area contributed by atoms with Crippen molar-refractivity contribution >= 4 is 44.3 Å². The first-order valence-corrected chi connectivity index (χ1v) is 13.9. The van der Waals surface area contributed by atoms with Crippen LogP contribution < -0.4 is 10.4 Å². The maximum absolute atomic E-state index is 13.1. The van der Waals surface area contributed by atoms with Gasteiger partial charge < -0.3 is 9.72 Å². The summed E-state index contributed by atoms with van der Waals surface area (Å²) in [6.07, 6.45) is 2.46. The lowest BCUT2D eigenvalue weighted by molar-refractivity contribution is 0.222. The maximum Gasteiger partial charge on any atom is 0.325 e. The number of hydrogen-bond acceptors (Lipinski definition) is 6. The molecule has 0 bridgehead atoms. The van der Waals surface area contributed by atoms with Crippen molar-refractivity contribution in [2.24, 2.45) is 0 Å². The van der Waals surface area contributed by atoms with Crippen LogP contribution >= 0.6 is 12.4 Å². The van der Waals surface area contributed by atoms with Gasteiger partial charge in [-0.05, 0) is 80.7 Å². The Hall–Kier alpha value is -2.95. The quantitative estimate of drug-likeness (QED) is 0.303. The number of unbranched alkanes of at least 4 members (excludes halogenated alkanes) is 1. The molecule has 1 saturated heterocycles. The smallest absolute Gasteiger partial charge is 0.325 e. The van der Waals surface area contributed by atoms with Gasteiger partial charge in [-0.1, -0.05) is 12.1 Å². The summed E-state index contributed by atoms with van der Waals surface area (Å²) in [7, 11) is -3.15. The summed E-state index contributed by atoms with van der Waals surface area (Å²) in [5.74, 6) is 0.595. The Morgan fingerprint density at radius 1 is 1.03 bits per heavy atom. The molecule has 1 aliphatic rings. The number of benzene rings is 2. The number of aromatic amines is 2. The highest BCUT2D eigenvalue weighted by atomic mass is 35.5. The molecule has 2 aromatic carbocycles. The number of imidazole rings is 1. The number of piperidine rings is 1. The summed E-state index contributed by atoms with van der Waals surface area (Å²) in [6.45, 7) is 2.59. The lowest BCUT2D eigenvalue weighted by Crippen LogP contribution is -2.39. The van der Waals surface area contributed by atoms with Crippen LogP contribution in [-0.2, 0) is 16.4 Å². The maximum atomic E-state index is 13.1. The van der Waals surface area contributed by atoms with Crippen molar-refractivity contribution in [3.63, 3.8) is 0 Å². The number of ether oxygens (including phenoxy) is 1. The minimum atomic E-state index is -3.15. The number of rotatable bonds is 9. The molecule has 0 saturated carbocycles. The number of nitrogens with zero attached hydrogens (tertiary/aromatic N) is 2. The molecule has 1 fully saturated rings. The SMILES string of the molecule is Cl.O=c1[nH]c2cc3cc(OCCCCS(=O)(=O)C4CCN(Cc5ccc(F)cc5)CC4)ccc3nc2[nH]1. The van der Waals surface area contributed by atoms with Gasteiger partial charge in [0.1, 0.15) is 11.6 Å². The normalized spacial score (nSPS) is 15.2. The van der Waals surface area contributed by atoms with Crippen molar-refractivity contribution in [2.75, 3.05) is 25.4 Å². The van der Waals surface area contributed by atoms with Gasteiger partial charge in [0.2, 0.25) is 0 Å². The second-order valence-corrected chi connectivity index (χ2v) is 11.7. The summed E-state index contributed by atoms with van der Waals surface area (Å²) in [5, 5.41) is 0.552. The Labute approximate surface area is 220 Å². The van der Waals surface area contributed by atoms with E-state index in [2.05, 4.69) is 19.9 Å². The summed E-state index contributed by atoms with van der Waals surface area (Å²) in [6, 6.07) is 13.8. The summed E-state index contributed by atoms with van der Waals surface area (Å²) >= 11 is 0. The molecule has 11 heteroatoms. The molecular weight excluding hydrogens is 519 g/mol. The van der Waals surface area contributed by atoms with E-state index < -0.39 is 9.84 Å². The van der Waals surface area contributed by atoms with Crippen LogP contribution in [0.3, 0.4) is 0 Å². The highest BCUT2D eigenvalue weighted by Crippen LogP contribution is 2.23. The van der Waals surface area contributed by atoms with E-state index in [1.54, 1.807) is 12.1 Å². The van der Waals surface area contributed by atoms with Gasteiger partial charge >= 0.3 is 5.69 Å². The third-order valence-corrected chi connectivity index (χ3v) is 9.07. The van der Waals surface area contributed by atoms with E-state index in [4.69, 9.17) is 4.74 Å². The van der Waals surface area contributed by atoms with Crippen molar-refractivity contribution in [1.29, 1.82) is 0 Å². The zero-order valence-corrected chi connectivity index (χ0v) is 21.9. The van der Waals surface area contributed by atoms with Crippen molar-refractivity contribution < 1.29 is 17.5 Å². The monoisotopic (exact) mass is 548 g/mol. The van der Waals surface area contributed by atoms with Crippen LogP contribution in [0.2, 0.25) is 0 Å². The van der Waals surface area contributed by atoms with E-state index in [1.807, 2.05) is 24.3 Å². The van der Waals surface area contributed by atoms with E-state index in [1.165, 1.54) is 12.1 Å². The van der Waals surface area contributed by atoms with Gasteiger partial charge in [0.15, 0.2) is 15.5 Å². The highest BCUT2D eigenvalue weighted by Gasteiger charge is 2.29. The zero-order chi connectivity index (χ0) is 25.1. The van der Waals surface area contributed by atoms with Crippen LogP contribution in [0.1, 0.15) is 31.2 Å². The number of nitrogens with one attached hydrogen (secondary N) is 2. The molecule has 1 aliphatic heterocycles. The van der Waals surface area contributed by atoms with Crippen molar-refractivity contribution in [2.45, 2.75) is 37.5 Å². The number of pyridine rings is 1. The molecule has 0 unspecified atom stereocenters. The summed E-state index contributed by atoms with van der Waals surface area (Å²) < 4.78 is 44.6. The Morgan fingerprint density at radius 2 is 1.78 bits per heavy atom. The largest absolute Gasteiger partial charge is 0.494 e. The molecule has 8 nitrogen and oxygen atoms in total. The molecule has 3 heterocycles. The van der Waals surface area contributed by atoms with E-state index in [9.17, 15) is 17.6 Å². The average molecular weight is 549 g/mol. The van der Waals surface area contributed by atoms with E-state index in [0.29, 0.717) is 55.7 Å². The Bertz CT molecular complexity index is 1510. The van der Waals surface area contributed by atoms with Gasteiger partial charge in [-0.3, -0.25) is 9.88 Å². The van der Waals surface area contributed by atoms with Gasteiger partial charge in [-0.2, -0.15) is 0 Å². The van der Waals surface area contributed by atoms with Gasteiger partial charge in [0, 0.05) is 11.9 Å². The van der Waals surface area contributed by atoms with Crippen molar-refractivity contribution in [3.05, 3.63) is 70.4 Å². The molecular formula is C26H30ClFN4O4S. The lowest BCUT2D eigenvalue weighted by atomic mass is 10.1. The number of fused-ring (bicyclic) bond motifs is 2. The lowest BCUT2D eigenvalue weighted by Gasteiger charge is -2.31. The second kappa shape index (κ2) is 11.6. The predicted molar refractivity (Wildman–Crippen MR) is 145 cm³/mol. The molecule has 5 rings (SSSR count). The van der Waals surface area contributed by atoms with Gasteiger partial charge in [0.05, 0.1) is 28.6 Å². The van der Waals surface area contributed by atoms with Crippen LogP contribution in [0.25, 0.3) is 22.1 Å². The van der Waals surface area contributed by atoms with Crippen LogP contribution in [0, 0.1) is 5.82 Å². The van der Waals surface area contributed by atoms with Crippen LogP contribution in [0.15, 0.2) is 53.3 Å². The Morgan fingerprint density at radius 3 is 2.54 bits per heavy atom. The number of aromatic nitrogens is 3. The molecule has 0 aliphatic carbocycles. The molecule has 0 spiro atoms. The van der Waals surface area contributed by atoms with Crippen LogP contribution in [-0.4, -0.2) is 59.0 Å². The zero-order valence-electron chi connectivity index (χ0n) is 20.3. The number of H-pyrrole nitrogens is 2. The first-order chi connectivity index (χ1) is 17.4. The molecule has 198 valence electrons. The van der Waals surface area contributed by atoms with E-state index in [-0.39, 0.29) is 34.9 Å². The second-order valence-electron chi connectivity index (χ2n) is 9.34. The first-order valence-electron chi connectivity index (χ1n) is 12.2. The van der Waals surface area contributed by atoms with Crippen LogP contribution in [0.4, 0.5) is 4.39 Å².